The average molecular weight is 352 g/mol. The zero-order chi connectivity index (χ0) is 17.1. The second-order valence-corrected chi connectivity index (χ2v) is 5.86. The molecular formula is C15H13FN2O5S. The molecule has 0 fully saturated rings. The number of ether oxygens (including phenoxy) is 2. The number of thiazole rings is 1. The van der Waals surface area contributed by atoms with Crippen molar-refractivity contribution in [3.8, 4) is 22.1 Å². The highest BCUT2D eigenvalue weighted by Crippen LogP contribution is 2.36. The Labute approximate surface area is 140 Å². The second kappa shape index (κ2) is 6.83. The molecule has 0 bridgehead atoms. The zero-order valence-corrected chi connectivity index (χ0v) is 13.1. The lowest BCUT2D eigenvalue weighted by molar-refractivity contribution is -0.142. The molecule has 0 saturated heterocycles. The Morgan fingerprint density at radius 2 is 2.17 bits per heavy atom. The van der Waals surface area contributed by atoms with Crippen molar-refractivity contribution in [2.45, 2.75) is 12.5 Å². The van der Waals surface area contributed by atoms with Gasteiger partial charge in [-0.05, 0) is 18.2 Å². The molecule has 2 heterocycles. The van der Waals surface area contributed by atoms with Gasteiger partial charge in [0.25, 0.3) is 0 Å². The first-order chi connectivity index (χ1) is 11.6. The van der Waals surface area contributed by atoms with E-state index in [9.17, 15) is 14.0 Å². The number of hydrogen-bond acceptors (Lipinski definition) is 6. The lowest BCUT2D eigenvalue weighted by Gasteiger charge is -2.09. The van der Waals surface area contributed by atoms with E-state index in [-0.39, 0.29) is 13.2 Å². The molecular weight excluding hydrogens is 339 g/mol. The summed E-state index contributed by atoms with van der Waals surface area (Å²) < 4.78 is 23.1. The van der Waals surface area contributed by atoms with Crippen LogP contribution in [0.1, 0.15) is 5.69 Å². The SMILES string of the molecule is O=C(Cc1csc(-c2ccc3c(c2)OCO3)n1)NC(CF)C(=O)O. The number of carboxylic acid groups (broad SMARTS) is 1. The Morgan fingerprint density at radius 3 is 2.92 bits per heavy atom. The van der Waals surface area contributed by atoms with Gasteiger partial charge in [0.1, 0.15) is 11.7 Å². The van der Waals surface area contributed by atoms with Gasteiger partial charge in [-0.1, -0.05) is 0 Å². The molecule has 2 aromatic rings. The predicted octanol–water partition coefficient (Wildman–Crippen LogP) is 1.62. The third-order valence-electron chi connectivity index (χ3n) is 3.30. The van der Waals surface area contributed by atoms with Crippen LogP contribution in [-0.2, 0) is 16.0 Å². The van der Waals surface area contributed by atoms with E-state index in [1.807, 2.05) is 6.07 Å². The Hall–Kier alpha value is -2.68. The summed E-state index contributed by atoms with van der Waals surface area (Å²) in [5, 5.41) is 13.2. The number of rotatable bonds is 6. The van der Waals surface area contributed by atoms with Gasteiger partial charge in [0, 0.05) is 10.9 Å². The van der Waals surface area contributed by atoms with Crippen molar-refractivity contribution in [3.05, 3.63) is 29.3 Å². The van der Waals surface area contributed by atoms with E-state index in [2.05, 4.69) is 10.3 Å². The van der Waals surface area contributed by atoms with Crippen LogP contribution in [0.15, 0.2) is 23.6 Å². The number of nitrogens with one attached hydrogen (secondary N) is 1. The molecule has 1 unspecified atom stereocenters. The number of aliphatic carboxylic acids is 1. The summed E-state index contributed by atoms with van der Waals surface area (Å²) in [6.07, 6.45) is -0.120. The Kier molecular flexibility index (Phi) is 4.61. The Bertz CT molecular complexity index is 779. The minimum Gasteiger partial charge on any atom is -0.480 e. The molecule has 24 heavy (non-hydrogen) atoms. The zero-order valence-electron chi connectivity index (χ0n) is 12.3. The van der Waals surface area contributed by atoms with E-state index in [0.717, 1.165) is 5.56 Å². The van der Waals surface area contributed by atoms with Crippen LogP contribution in [0.4, 0.5) is 4.39 Å². The number of halogens is 1. The maximum atomic E-state index is 12.5. The molecule has 9 heteroatoms. The number of nitrogens with zero attached hydrogens (tertiary/aromatic N) is 1. The van der Waals surface area contributed by atoms with Crippen LogP contribution < -0.4 is 14.8 Å². The summed E-state index contributed by atoms with van der Waals surface area (Å²) in [5.74, 6) is -0.706. The molecule has 0 spiro atoms. The summed E-state index contributed by atoms with van der Waals surface area (Å²) in [6.45, 7) is -0.984. The van der Waals surface area contributed by atoms with E-state index in [1.165, 1.54) is 11.3 Å². The van der Waals surface area contributed by atoms with Crippen molar-refractivity contribution in [2.24, 2.45) is 0 Å². The van der Waals surface area contributed by atoms with Crippen molar-refractivity contribution in [3.63, 3.8) is 0 Å². The maximum Gasteiger partial charge on any atom is 0.328 e. The number of benzene rings is 1. The molecule has 1 aromatic heterocycles. The smallest absolute Gasteiger partial charge is 0.328 e. The van der Waals surface area contributed by atoms with Gasteiger partial charge < -0.3 is 19.9 Å². The van der Waals surface area contributed by atoms with Gasteiger partial charge in [0.2, 0.25) is 12.7 Å². The Morgan fingerprint density at radius 1 is 1.38 bits per heavy atom. The molecule has 1 aliphatic heterocycles. The molecule has 1 amide bonds. The number of hydrogen-bond donors (Lipinski definition) is 2. The van der Waals surface area contributed by atoms with Gasteiger partial charge >= 0.3 is 5.97 Å². The molecule has 1 aliphatic rings. The minimum atomic E-state index is -1.54. The quantitative estimate of drug-likeness (QED) is 0.820. The van der Waals surface area contributed by atoms with Gasteiger partial charge in [-0.25, -0.2) is 14.2 Å². The normalized spacial score (nSPS) is 13.5. The van der Waals surface area contributed by atoms with Crippen LogP contribution in [0, 0.1) is 0 Å². The first-order valence-corrected chi connectivity index (χ1v) is 7.87. The molecule has 0 aliphatic carbocycles. The van der Waals surface area contributed by atoms with Gasteiger partial charge in [0.15, 0.2) is 17.5 Å². The molecule has 1 atom stereocenters. The van der Waals surface area contributed by atoms with Crippen LogP contribution in [0.2, 0.25) is 0 Å². The highest BCUT2D eigenvalue weighted by atomic mass is 32.1. The third kappa shape index (κ3) is 3.46. The van der Waals surface area contributed by atoms with E-state index in [1.54, 1.807) is 17.5 Å². The number of aromatic nitrogens is 1. The number of carbonyl (C=O) groups is 2. The summed E-state index contributed by atoms with van der Waals surface area (Å²) >= 11 is 1.34. The summed E-state index contributed by atoms with van der Waals surface area (Å²) in [6, 6.07) is 3.88. The lowest BCUT2D eigenvalue weighted by Crippen LogP contribution is -2.43. The topological polar surface area (TPSA) is 97.8 Å². The van der Waals surface area contributed by atoms with Gasteiger partial charge in [-0.15, -0.1) is 11.3 Å². The summed E-state index contributed by atoms with van der Waals surface area (Å²) in [5.41, 5.74) is 1.30. The highest BCUT2D eigenvalue weighted by Gasteiger charge is 2.20. The van der Waals surface area contributed by atoms with Crippen molar-refractivity contribution < 1.29 is 28.6 Å². The highest BCUT2D eigenvalue weighted by molar-refractivity contribution is 7.13. The third-order valence-corrected chi connectivity index (χ3v) is 4.24. The summed E-state index contributed by atoms with van der Waals surface area (Å²) in [4.78, 5) is 26.8. The molecule has 7 nitrogen and oxygen atoms in total. The van der Waals surface area contributed by atoms with Crippen LogP contribution in [0.5, 0.6) is 11.5 Å². The van der Waals surface area contributed by atoms with Gasteiger partial charge in [-0.2, -0.15) is 0 Å². The standard InChI is InChI=1S/C15H13FN2O5S/c16-5-10(15(20)21)18-13(19)4-9-6-24-14(17-9)8-1-2-11-12(3-8)23-7-22-11/h1-3,6,10H,4-5,7H2,(H,18,19)(H,20,21). The average Bonchev–Trinajstić information content (AvgIpc) is 3.20. The fourth-order valence-electron chi connectivity index (χ4n) is 2.13. The largest absolute Gasteiger partial charge is 0.480 e. The van der Waals surface area contributed by atoms with E-state index in [0.29, 0.717) is 22.2 Å². The monoisotopic (exact) mass is 352 g/mol. The fourth-order valence-corrected chi connectivity index (χ4v) is 2.94. The van der Waals surface area contributed by atoms with Gasteiger partial charge in [-0.3, -0.25) is 4.79 Å². The number of carbonyl (C=O) groups excluding carboxylic acids is 1. The van der Waals surface area contributed by atoms with E-state index >= 15 is 0 Å². The number of amides is 1. The molecule has 126 valence electrons. The number of carboxylic acids is 1. The Balaban J connectivity index is 1.67. The molecule has 0 radical (unpaired) electrons. The molecule has 2 N–H and O–H groups in total. The minimum absolute atomic E-state index is 0.120. The van der Waals surface area contributed by atoms with Crippen molar-refractivity contribution in [2.75, 3.05) is 13.5 Å². The molecule has 3 rings (SSSR count). The number of alkyl halides is 1. The first-order valence-electron chi connectivity index (χ1n) is 6.99. The van der Waals surface area contributed by atoms with E-state index < -0.39 is 24.6 Å². The van der Waals surface area contributed by atoms with Crippen LogP contribution in [-0.4, -0.2) is 41.5 Å². The first kappa shape index (κ1) is 16.2. The van der Waals surface area contributed by atoms with Crippen molar-refractivity contribution >= 4 is 23.2 Å². The molecule has 0 saturated carbocycles. The fraction of sp³-hybridized carbons (Fsp3) is 0.267. The van der Waals surface area contributed by atoms with Gasteiger partial charge in [0.05, 0.1) is 12.1 Å². The van der Waals surface area contributed by atoms with Crippen LogP contribution in [0.25, 0.3) is 10.6 Å². The van der Waals surface area contributed by atoms with Crippen LogP contribution in [0.3, 0.4) is 0 Å². The van der Waals surface area contributed by atoms with Crippen molar-refractivity contribution in [1.82, 2.24) is 10.3 Å². The summed E-state index contributed by atoms with van der Waals surface area (Å²) in [7, 11) is 0. The maximum absolute atomic E-state index is 12.5. The van der Waals surface area contributed by atoms with E-state index in [4.69, 9.17) is 14.6 Å². The number of fused-ring (bicyclic) bond motifs is 1. The lowest BCUT2D eigenvalue weighted by atomic mass is 10.2. The predicted molar refractivity (Wildman–Crippen MR) is 82.9 cm³/mol. The van der Waals surface area contributed by atoms with Crippen LogP contribution >= 0.6 is 11.3 Å². The second-order valence-electron chi connectivity index (χ2n) is 5.00. The van der Waals surface area contributed by atoms with Crippen molar-refractivity contribution in [1.29, 1.82) is 0 Å². The molecule has 1 aromatic carbocycles.